The van der Waals surface area contributed by atoms with Crippen LogP contribution in [0.1, 0.15) is 63.1 Å². The number of unbranched alkanes of at least 4 members (excludes halogenated alkanes) is 1. The number of methoxy groups -OCH3 is 1. The summed E-state index contributed by atoms with van der Waals surface area (Å²) in [4.78, 5) is 27.4. The maximum absolute atomic E-state index is 12.0. The summed E-state index contributed by atoms with van der Waals surface area (Å²) in [6, 6.07) is 2.07. The molecule has 0 aliphatic carbocycles. The number of fused-ring (bicyclic) bond motifs is 1. The fourth-order valence-corrected chi connectivity index (χ4v) is 4.48. The number of anilines is 2. The lowest BCUT2D eigenvalue weighted by atomic mass is 9.90. The average Bonchev–Trinajstić information content (AvgIpc) is 3.26. The lowest BCUT2D eigenvalue weighted by Crippen LogP contribution is -2.37. The Morgan fingerprint density at radius 2 is 2.03 bits per heavy atom. The molecule has 4 rings (SSSR count). The first kappa shape index (κ1) is 23.7. The van der Waals surface area contributed by atoms with Gasteiger partial charge in [-0.1, -0.05) is 20.3 Å². The number of hydrogen-bond acceptors (Lipinski definition) is 8. The Labute approximate surface area is 199 Å². The van der Waals surface area contributed by atoms with Gasteiger partial charge in [-0.25, -0.2) is 4.98 Å². The van der Waals surface area contributed by atoms with Crippen LogP contribution in [0.3, 0.4) is 0 Å². The molecule has 0 atom stereocenters. The SMILES string of the molecule is CCCCNc1nc(N)nc2cnn(Cc3ncc(C4CCN(C(=O)CC)CC4)cc3OC)c12. The van der Waals surface area contributed by atoms with Crippen molar-refractivity contribution in [3.8, 4) is 5.75 Å². The minimum Gasteiger partial charge on any atom is -0.495 e. The van der Waals surface area contributed by atoms with E-state index >= 15 is 0 Å². The van der Waals surface area contributed by atoms with Crippen molar-refractivity contribution in [3.05, 3.63) is 29.7 Å². The van der Waals surface area contributed by atoms with E-state index in [-0.39, 0.29) is 11.9 Å². The molecule has 0 spiro atoms. The van der Waals surface area contributed by atoms with Gasteiger partial charge in [-0.15, -0.1) is 0 Å². The molecule has 1 fully saturated rings. The summed E-state index contributed by atoms with van der Waals surface area (Å²) >= 11 is 0. The van der Waals surface area contributed by atoms with Crippen molar-refractivity contribution in [2.75, 3.05) is 37.8 Å². The number of carbonyl (C=O) groups is 1. The highest BCUT2D eigenvalue weighted by atomic mass is 16.5. The van der Waals surface area contributed by atoms with E-state index in [1.54, 1.807) is 13.3 Å². The molecule has 10 heteroatoms. The molecule has 0 unspecified atom stereocenters. The zero-order valence-electron chi connectivity index (χ0n) is 20.3. The predicted molar refractivity (Wildman–Crippen MR) is 132 cm³/mol. The van der Waals surface area contributed by atoms with Crippen LogP contribution in [0.2, 0.25) is 0 Å². The molecule has 10 nitrogen and oxygen atoms in total. The van der Waals surface area contributed by atoms with Crippen molar-refractivity contribution in [2.24, 2.45) is 0 Å². The minimum atomic E-state index is 0.220. The fraction of sp³-hybridized carbons (Fsp3) is 0.542. The molecule has 34 heavy (non-hydrogen) atoms. The summed E-state index contributed by atoms with van der Waals surface area (Å²) in [6.45, 7) is 6.86. The summed E-state index contributed by atoms with van der Waals surface area (Å²) in [7, 11) is 1.66. The number of hydrogen-bond donors (Lipinski definition) is 2. The number of nitrogens with two attached hydrogens (primary N) is 1. The first-order valence-electron chi connectivity index (χ1n) is 12.1. The van der Waals surface area contributed by atoms with Crippen LogP contribution in [0.25, 0.3) is 11.0 Å². The highest BCUT2D eigenvalue weighted by Gasteiger charge is 2.24. The van der Waals surface area contributed by atoms with Gasteiger partial charge in [0.05, 0.1) is 19.9 Å². The van der Waals surface area contributed by atoms with E-state index in [0.717, 1.165) is 67.8 Å². The standard InChI is InChI=1S/C24H34N8O2/c1-4-6-9-26-23-22-18(29-24(25)30-23)14-28-32(22)15-19-20(34-3)12-17(13-27-19)16-7-10-31(11-8-16)21(33)5-2/h12-14,16H,4-11,15H2,1-3H3,(H3,25,26,29,30). The summed E-state index contributed by atoms with van der Waals surface area (Å²) in [6.07, 6.45) is 8.17. The maximum Gasteiger partial charge on any atom is 0.222 e. The highest BCUT2D eigenvalue weighted by Crippen LogP contribution is 2.32. The monoisotopic (exact) mass is 466 g/mol. The van der Waals surface area contributed by atoms with E-state index in [9.17, 15) is 4.79 Å². The van der Waals surface area contributed by atoms with Gasteiger partial charge in [0.15, 0.2) is 5.82 Å². The molecule has 1 saturated heterocycles. The number of likely N-dealkylation sites (tertiary alicyclic amines) is 1. The number of nitrogens with zero attached hydrogens (tertiary/aromatic N) is 6. The molecular weight excluding hydrogens is 432 g/mol. The molecule has 4 heterocycles. The van der Waals surface area contributed by atoms with Gasteiger partial charge in [0.25, 0.3) is 0 Å². The number of nitrogen functional groups attached to an aromatic ring is 1. The van der Waals surface area contributed by atoms with Crippen LogP contribution in [-0.2, 0) is 11.3 Å². The van der Waals surface area contributed by atoms with Crippen molar-refractivity contribution in [1.29, 1.82) is 0 Å². The minimum absolute atomic E-state index is 0.220. The van der Waals surface area contributed by atoms with E-state index in [1.165, 1.54) is 0 Å². The molecule has 0 aromatic carbocycles. The van der Waals surface area contributed by atoms with Crippen molar-refractivity contribution in [1.82, 2.24) is 29.6 Å². The Morgan fingerprint density at radius 1 is 1.24 bits per heavy atom. The summed E-state index contributed by atoms with van der Waals surface area (Å²) in [5.41, 5.74) is 9.32. The molecule has 3 aromatic rings. The van der Waals surface area contributed by atoms with Crippen LogP contribution in [0, 0.1) is 0 Å². The second kappa shape index (κ2) is 10.7. The Kier molecular flexibility index (Phi) is 7.44. The van der Waals surface area contributed by atoms with Gasteiger partial charge in [0.1, 0.15) is 22.5 Å². The molecule has 0 bridgehead atoms. The number of rotatable bonds is 9. The number of piperidine rings is 1. The van der Waals surface area contributed by atoms with Crippen molar-refractivity contribution >= 4 is 28.7 Å². The highest BCUT2D eigenvalue weighted by molar-refractivity contribution is 5.86. The van der Waals surface area contributed by atoms with Crippen LogP contribution in [0.4, 0.5) is 11.8 Å². The summed E-state index contributed by atoms with van der Waals surface area (Å²) in [5, 5.41) is 7.89. The number of carbonyl (C=O) groups excluding carboxylic acids is 1. The number of nitrogens with one attached hydrogen (secondary N) is 1. The largest absolute Gasteiger partial charge is 0.495 e. The number of ether oxygens (including phenoxy) is 1. The third-order valence-corrected chi connectivity index (χ3v) is 6.42. The fourth-order valence-electron chi connectivity index (χ4n) is 4.48. The Balaban J connectivity index is 1.55. The van der Waals surface area contributed by atoms with Crippen LogP contribution >= 0.6 is 0 Å². The second-order valence-corrected chi connectivity index (χ2v) is 8.67. The Morgan fingerprint density at radius 3 is 2.74 bits per heavy atom. The Bertz CT molecular complexity index is 1140. The van der Waals surface area contributed by atoms with Gasteiger partial charge in [-0.3, -0.25) is 14.5 Å². The van der Waals surface area contributed by atoms with Gasteiger partial charge in [0.2, 0.25) is 11.9 Å². The maximum atomic E-state index is 12.0. The van der Waals surface area contributed by atoms with Gasteiger partial charge < -0.3 is 20.7 Å². The van der Waals surface area contributed by atoms with Gasteiger partial charge in [0, 0.05) is 32.3 Å². The predicted octanol–water partition coefficient (Wildman–Crippen LogP) is 3.19. The molecular formula is C24H34N8O2. The normalized spacial score (nSPS) is 14.5. The van der Waals surface area contributed by atoms with E-state index in [2.05, 4.69) is 33.4 Å². The number of aromatic nitrogens is 5. The first-order valence-corrected chi connectivity index (χ1v) is 12.1. The summed E-state index contributed by atoms with van der Waals surface area (Å²) < 4.78 is 7.54. The van der Waals surface area contributed by atoms with E-state index in [1.807, 2.05) is 22.7 Å². The molecule has 182 valence electrons. The lowest BCUT2D eigenvalue weighted by molar-refractivity contribution is -0.131. The molecule has 3 aromatic heterocycles. The van der Waals surface area contributed by atoms with E-state index < -0.39 is 0 Å². The zero-order chi connectivity index (χ0) is 24.1. The third-order valence-electron chi connectivity index (χ3n) is 6.42. The van der Waals surface area contributed by atoms with Crippen LogP contribution in [-0.4, -0.2) is 62.3 Å². The van der Waals surface area contributed by atoms with Crippen molar-refractivity contribution in [2.45, 2.75) is 58.4 Å². The van der Waals surface area contributed by atoms with Crippen molar-refractivity contribution < 1.29 is 9.53 Å². The molecule has 0 radical (unpaired) electrons. The van der Waals surface area contributed by atoms with E-state index in [0.29, 0.717) is 30.2 Å². The molecule has 3 N–H and O–H groups in total. The smallest absolute Gasteiger partial charge is 0.222 e. The number of amides is 1. The van der Waals surface area contributed by atoms with Gasteiger partial charge >= 0.3 is 0 Å². The summed E-state index contributed by atoms with van der Waals surface area (Å²) in [5.74, 6) is 2.22. The Hall–Kier alpha value is -3.43. The number of pyridine rings is 1. The van der Waals surface area contributed by atoms with Crippen LogP contribution in [0.15, 0.2) is 18.5 Å². The molecule has 1 aliphatic heterocycles. The van der Waals surface area contributed by atoms with Gasteiger partial charge in [-0.05, 0) is 36.8 Å². The van der Waals surface area contributed by atoms with E-state index in [4.69, 9.17) is 15.5 Å². The van der Waals surface area contributed by atoms with Gasteiger partial charge in [-0.2, -0.15) is 10.1 Å². The lowest BCUT2D eigenvalue weighted by Gasteiger charge is -2.32. The van der Waals surface area contributed by atoms with Crippen LogP contribution < -0.4 is 15.8 Å². The molecule has 1 aliphatic rings. The van der Waals surface area contributed by atoms with Crippen molar-refractivity contribution in [3.63, 3.8) is 0 Å². The first-order chi connectivity index (χ1) is 16.5. The second-order valence-electron chi connectivity index (χ2n) is 8.67. The van der Waals surface area contributed by atoms with Crippen LogP contribution in [0.5, 0.6) is 5.75 Å². The quantitative estimate of drug-likeness (QED) is 0.461. The molecule has 0 saturated carbocycles. The zero-order valence-corrected chi connectivity index (χ0v) is 20.3. The molecule has 1 amide bonds. The third kappa shape index (κ3) is 5.05. The average molecular weight is 467 g/mol. The topological polar surface area (TPSA) is 124 Å².